The van der Waals surface area contributed by atoms with E-state index >= 15 is 0 Å². The number of amides is 2. The number of carbonyl (C=O) groups excluding carboxylic acids is 4. The van der Waals surface area contributed by atoms with Crippen molar-refractivity contribution in [2.75, 3.05) is 25.0 Å². The van der Waals surface area contributed by atoms with E-state index in [0.29, 0.717) is 66.8 Å². The van der Waals surface area contributed by atoms with E-state index < -0.39 is 12.1 Å². The first-order valence-electron chi connectivity index (χ1n) is 13.8. The highest BCUT2D eigenvalue weighted by Crippen LogP contribution is 2.31. The summed E-state index contributed by atoms with van der Waals surface area (Å²) in [5, 5.41) is 6.18. The number of hydrogen-bond donors (Lipinski definition) is 3. The first-order valence-corrected chi connectivity index (χ1v) is 13.3. The second kappa shape index (κ2) is 11.6. The topological polar surface area (TPSA) is 122 Å². The van der Waals surface area contributed by atoms with Crippen molar-refractivity contribution in [1.29, 1.82) is 0 Å². The predicted octanol–water partition coefficient (Wildman–Crippen LogP) is 2.94. The van der Waals surface area contributed by atoms with Crippen LogP contribution in [0.2, 0.25) is 1.41 Å². The standard InChI is InChI=1S/C31H32N4O4/c32-24(19-20-9-2-1-3-10-20)31(39)35-18-7-15-26(35)30(38)34-17-8-16-33-25-14-6-13-23-27(25)29(37)22-12-5-4-11-21(22)28(23)36/h1-6,9-14,24,26,33H,7-8,15-19,32H2,(H,34,38)/t24-,26-/m0/s1/i/hD. The van der Waals surface area contributed by atoms with Crippen LogP contribution >= 0.6 is 0 Å². The van der Waals surface area contributed by atoms with Gasteiger partial charge in [0.05, 0.1) is 11.6 Å². The highest BCUT2D eigenvalue weighted by Gasteiger charge is 2.36. The smallest absolute Gasteiger partial charge is 0.242 e. The molecule has 1 aliphatic heterocycles. The number of likely N-dealkylation sites (tertiary alicyclic amines) is 1. The molecule has 1 fully saturated rings. The molecule has 1 heterocycles. The van der Waals surface area contributed by atoms with E-state index in [0.717, 1.165) is 12.0 Å². The third kappa shape index (κ3) is 5.47. The van der Waals surface area contributed by atoms with Gasteiger partial charge in [-0.05, 0) is 37.3 Å². The maximum Gasteiger partial charge on any atom is 0.242 e. The van der Waals surface area contributed by atoms with Crippen LogP contribution < -0.4 is 16.4 Å². The Morgan fingerprint density at radius 3 is 2.41 bits per heavy atom. The van der Waals surface area contributed by atoms with Crippen LogP contribution in [0.4, 0.5) is 5.69 Å². The highest BCUT2D eigenvalue weighted by molar-refractivity contribution is 6.30. The Morgan fingerprint density at radius 1 is 0.923 bits per heavy atom. The van der Waals surface area contributed by atoms with Gasteiger partial charge < -0.3 is 21.3 Å². The molecule has 3 aromatic rings. The van der Waals surface area contributed by atoms with Crippen molar-refractivity contribution in [2.45, 2.75) is 37.8 Å². The Balaban J connectivity index is 1.14. The van der Waals surface area contributed by atoms with Gasteiger partial charge in [0.15, 0.2) is 11.6 Å². The van der Waals surface area contributed by atoms with Crippen molar-refractivity contribution in [3.05, 3.63) is 101 Å². The van der Waals surface area contributed by atoms with Crippen molar-refractivity contribution in [1.82, 2.24) is 10.2 Å². The van der Waals surface area contributed by atoms with Crippen LogP contribution in [-0.4, -0.2) is 60.0 Å². The van der Waals surface area contributed by atoms with Crippen LogP contribution in [-0.2, 0) is 16.0 Å². The minimum atomic E-state index is -0.724. The molecule has 0 spiro atoms. The Kier molecular flexibility index (Phi) is 7.45. The molecule has 3 aromatic carbocycles. The highest BCUT2D eigenvalue weighted by atomic mass is 16.2. The lowest BCUT2D eigenvalue weighted by Crippen LogP contribution is -2.52. The van der Waals surface area contributed by atoms with Crippen LogP contribution in [0.25, 0.3) is 0 Å². The SMILES string of the molecule is [2H]N[C@@H](Cc1ccccc1)C(=O)N1CCC[C@H]1C(=O)NCCCNc1cccc2c1C(=O)c1ccccc1C2=O. The normalized spacial score (nSPS) is 17.2. The number of ketones is 2. The molecular formula is C31H32N4O4. The third-order valence-electron chi connectivity index (χ3n) is 7.34. The summed E-state index contributed by atoms with van der Waals surface area (Å²) in [5.41, 5.74) is 5.51. The Bertz CT molecular complexity index is 1430. The molecule has 0 radical (unpaired) electrons. The first-order chi connectivity index (χ1) is 19.5. The Morgan fingerprint density at radius 2 is 1.64 bits per heavy atom. The fourth-order valence-electron chi connectivity index (χ4n) is 5.37. The maximum absolute atomic E-state index is 13.2. The number of rotatable bonds is 10. The number of nitrogens with zero attached hydrogens (tertiary/aromatic N) is 1. The van der Waals surface area contributed by atoms with Gasteiger partial charge in [-0.2, -0.15) is 0 Å². The lowest BCUT2D eigenvalue weighted by atomic mass is 9.83. The third-order valence-corrected chi connectivity index (χ3v) is 7.34. The van der Waals surface area contributed by atoms with E-state index in [9.17, 15) is 19.2 Å². The number of fused-ring (bicyclic) bond motifs is 2. The van der Waals surface area contributed by atoms with Gasteiger partial charge in [0, 0.05) is 42.0 Å². The summed E-state index contributed by atoms with van der Waals surface area (Å²) < 4.78 is 7.68. The van der Waals surface area contributed by atoms with Crippen molar-refractivity contribution in [3.63, 3.8) is 0 Å². The van der Waals surface area contributed by atoms with Gasteiger partial charge in [0.2, 0.25) is 11.8 Å². The summed E-state index contributed by atoms with van der Waals surface area (Å²) in [4.78, 5) is 53.8. The van der Waals surface area contributed by atoms with Gasteiger partial charge >= 0.3 is 0 Å². The van der Waals surface area contributed by atoms with Crippen LogP contribution in [0, 0.1) is 0 Å². The summed E-state index contributed by atoms with van der Waals surface area (Å²) >= 11 is 0. The van der Waals surface area contributed by atoms with E-state index in [1.54, 1.807) is 47.4 Å². The van der Waals surface area contributed by atoms with E-state index in [1.165, 1.54) is 0 Å². The lowest BCUT2D eigenvalue weighted by molar-refractivity contribution is -0.139. The van der Waals surface area contributed by atoms with Gasteiger partial charge in [-0.25, -0.2) is 0 Å². The number of nitrogens with one attached hydrogen (secondary N) is 2. The molecule has 0 saturated carbocycles. The zero-order valence-electron chi connectivity index (χ0n) is 22.6. The number of nitrogens with two attached hydrogens (primary N) is 1. The molecule has 1 saturated heterocycles. The van der Waals surface area contributed by atoms with E-state index in [2.05, 4.69) is 16.4 Å². The molecule has 2 amide bonds. The molecule has 4 N–H and O–H groups in total. The average Bonchev–Trinajstić information content (AvgIpc) is 3.49. The van der Waals surface area contributed by atoms with Crippen molar-refractivity contribution >= 4 is 29.1 Å². The Labute approximate surface area is 229 Å². The van der Waals surface area contributed by atoms with Crippen LogP contribution in [0.15, 0.2) is 72.8 Å². The Hall–Kier alpha value is -4.30. The maximum atomic E-state index is 13.2. The number of anilines is 1. The number of hydrogen-bond acceptors (Lipinski definition) is 6. The molecule has 1 aliphatic carbocycles. The molecule has 2 atom stereocenters. The largest absolute Gasteiger partial charge is 0.384 e. The van der Waals surface area contributed by atoms with Gasteiger partial charge in [0.1, 0.15) is 7.45 Å². The fourth-order valence-corrected chi connectivity index (χ4v) is 5.37. The van der Waals surface area contributed by atoms with Crippen molar-refractivity contribution in [2.24, 2.45) is 5.73 Å². The van der Waals surface area contributed by atoms with E-state index in [4.69, 9.17) is 1.41 Å². The van der Waals surface area contributed by atoms with Crippen molar-refractivity contribution < 1.29 is 20.6 Å². The molecular weight excluding hydrogens is 492 g/mol. The van der Waals surface area contributed by atoms with Crippen molar-refractivity contribution in [3.8, 4) is 0 Å². The summed E-state index contributed by atoms with van der Waals surface area (Å²) in [6.45, 7) is 1.36. The second-order valence-corrected chi connectivity index (χ2v) is 9.94. The summed E-state index contributed by atoms with van der Waals surface area (Å²) in [7, 11) is 0. The van der Waals surface area contributed by atoms with Crippen LogP contribution in [0.5, 0.6) is 0 Å². The van der Waals surface area contributed by atoms with Gasteiger partial charge in [-0.3, -0.25) is 19.2 Å². The zero-order valence-corrected chi connectivity index (χ0v) is 21.6. The molecule has 39 heavy (non-hydrogen) atoms. The lowest BCUT2D eigenvalue weighted by Gasteiger charge is -2.27. The van der Waals surface area contributed by atoms with Crippen LogP contribution in [0.1, 0.15) is 56.7 Å². The molecule has 8 heteroatoms. The first kappa shape index (κ1) is 25.0. The second-order valence-electron chi connectivity index (χ2n) is 9.94. The van der Waals surface area contributed by atoms with Crippen LogP contribution in [0.3, 0.4) is 0 Å². The van der Waals surface area contributed by atoms with Gasteiger partial charge in [-0.15, -0.1) is 0 Å². The molecule has 5 rings (SSSR count). The summed E-state index contributed by atoms with van der Waals surface area (Å²) in [6, 6.07) is 20.3. The molecule has 8 nitrogen and oxygen atoms in total. The molecule has 0 bridgehead atoms. The summed E-state index contributed by atoms with van der Waals surface area (Å²) in [6.07, 6.45) is 2.28. The summed E-state index contributed by atoms with van der Waals surface area (Å²) in [5.74, 6) is -0.791. The minimum Gasteiger partial charge on any atom is -0.384 e. The molecule has 2 aliphatic rings. The fraction of sp³-hybridized carbons (Fsp3) is 0.290. The molecule has 200 valence electrons. The van der Waals surface area contributed by atoms with E-state index in [-0.39, 0.29) is 23.4 Å². The number of benzene rings is 3. The molecule has 0 unspecified atom stereocenters. The van der Waals surface area contributed by atoms with Gasteiger partial charge in [0.25, 0.3) is 0 Å². The minimum absolute atomic E-state index is 0.164. The van der Waals surface area contributed by atoms with E-state index in [1.807, 2.05) is 30.3 Å². The monoisotopic (exact) mass is 525 g/mol. The predicted molar refractivity (Wildman–Crippen MR) is 149 cm³/mol. The van der Waals surface area contributed by atoms with Gasteiger partial charge in [-0.1, -0.05) is 66.7 Å². The quantitative estimate of drug-likeness (QED) is 0.274. The molecule has 0 aromatic heterocycles. The average molecular weight is 526 g/mol. The zero-order chi connectivity index (χ0) is 28.1. The number of carbonyl (C=O) groups is 4.